The summed E-state index contributed by atoms with van der Waals surface area (Å²) in [6, 6.07) is 7.51. The highest BCUT2D eigenvalue weighted by molar-refractivity contribution is 7.22. The van der Waals surface area contributed by atoms with Crippen molar-refractivity contribution in [2.24, 2.45) is 0 Å². The lowest BCUT2D eigenvalue weighted by molar-refractivity contribution is -0.385. The van der Waals surface area contributed by atoms with Gasteiger partial charge in [-0.1, -0.05) is 22.9 Å². The molecule has 9 nitrogen and oxygen atoms in total. The van der Waals surface area contributed by atoms with Crippen LogP contribution in [0.4, 0.5) is 10.8 Å². The highest BCUT2D eigenvalue weighted by atomic mass is 35.5. The number of ether oxygens (including phenoxy) is 2. The molecular formula is C19H18Cl2N4O5S. The maximum atomic E-state index is 13.4. The number of thiazole rings is 1. The number of carbonyl (C=O) groups is 1. The molecule has 2 aromatic carbocycles. The van der Waals surface area contributed by atoms with Crippen molar-refractivity contribution in [1.29, 1.82) is 0 Å². The number of aromatic nitrogens is 1. The molecule has 12 heteroatoms. The van der Waals surface area contributed by atoms with E-state index in [1.807, 2.05) is 25.1 Å². The molecule has 1 aromatic heterocycles. The third-order valence-electron chi connectivity index (χ3n) is 4.50. The largest absolute Gasteiger partial charge is 0.454 e. The van der Waals surface area contributed by atoms with Crippen LogP contribution in [-0.2, 0) is 0 Å². The lowest BCUT2D eigenvalue weighted by atomic mass is 10.1. The van der Waals surface area contributed by atoms with Crippen molar-refractivity contribution >= 4 is 62.3 Å². The maximum absolute atomic E-state index is 13.4. The zero-order valence-corrected chi connectivity index (χ0v) is 18.9. The fourth-order valence-corrected chi connectivity index (χ4v) is 4.16. The van der Waals surface area contributed by atoms with E-state index in [9.17, 15) is 14.9 Å². The van der Waals surface area contributed by atoms with E-state index in [4.69, 9.17) is 21.1 Å². The Balaban J connectivity index is 0.00000272. The second kappa shape index (κ2) is 9.23. The maximum Gasteiger partial charge on any atom is 0.282 e. The van der Waals surface area contributed by atoms with Crippen LogP contribution < -0.4 is 14.4 Å². The minimum absolute atomic E-state index is 0. The molecule has 0 spiro atoms. The lowest BCUT2D eigenvalue weighted by Gasteiger charge is -2.22. The Morgan fingerprint density at radius 1 is 1.23 bits per heavy atom. The second-order valence-corrected chi connectivity index (χ2v) is 8.29. The Morgan fingerprint density at radius 2 is 1.94 bits per heavy atom. The third kappa shape index (κ3) is 4.67. The van der Waals surface area contributed by atoms with Crippen LogP contribution in [0.25, 0.3) is 10.2 Å². The predicted octanol–water partition coefficient (Wildman–Crippen LogP) is 4.22. The molecule has 0 radical (unpaired) electrons. The third-order valence-corrected chi connectivity index (χ3v) is 5.78. The number of rotatable bonds is 6. The van der Waals surface area contributed by atoms with Crippen LogP contribution >= 0.6 is 35.3 Å². The summed E-state index contributed by atoms with van der Waals surface area (Å²) >= 11 is 7.32. The Bertz CT molecular complexity index is 1110. The van der Waals surface area contributed by atoms with E-state index in [0.29, 0.717) is 35.2 Å². The second-order valence-electron chi connectivity index (χ2n) is 6.85. The van der Waals surface area contributed by atoms with E-state index in [1.54, 1.807) is 6.07 Å². The van der Waals surface area contributed by atoms with E-state index in [0.717, 1.165) is 4.70 Å². The van der Waals surface area contributed by atoms with Crippen molar-refractivity contribution in [2.75, 3.05) is 38.9 Å². The van der Waals surface area contributed by atoms with E-state index >= 15 is 0 Å². The zero-order valence-electron chi connectivity index (χ0n) is 16.5. The molecule has 31 heavy (non-hydrogen) atoms. The molecule has 0 fully saturated rings. The van der Waals surface area contributed by atoms with Gasteiger partial charge in [0.25, 0.3) is 11.6 Å². The number of carbonyl (C=O) groups excluding carboxylic acids is 1. The average molecular weight is 485 g/mol. The number of nitrogens with zero attached hydrogens (tertiary/aromatic N) is 4. The van der Waals surface area contributed by atoms with Crippen LogP contribution in [0.15, 0.2) is 30.3 Å². The van der Waals surface area contributed by atoms with Gasteiger partial charge in [-0.25, -0.2) is 4.98 Å². The summed E-state index contributed by atoms with van der Waals surface area (Å²) in [6.07, 6.45) is 0. The zero-order chi connectivity index (χ0) is 21.4. The van der Waals surface area contributed by atoms with Crippen molar-refractivity contribution in [3.8, 4) is 11.5 Å². The molecule has 0 unspecified atom stereocenters. The first-order valence-corrected chi connectivity index (χ1v) is 10.1. The van der Waals surface area contributed by atoms with Gasteiger partial charge in [0.05, 0.1) is 15.1 Å². The molecular weight excluding hydrogens is 467 g/mol. The van der Waals surface area contributed by atoms with E-state index in [-0.39, 0.29) is 35.5 Å². The predicted molar refractivity (Wildman–Crippen MR) is 121 cm³/mol. The van der Waals surface area contributed by atoms with Crippen molar-refractivity contribution in [2.45, 2.75) is 0 Å². The van der Waals surface area contributed by atoms with Crippen LogP contribution in [0.5, 0.6) is 11.5 Å². The molecule has 0 saturated carbocycles. The number of fused-ring (bicyclic) bond motifs is 2. The standard InChI is InChI=1S/C19H17ClN4O5S.ClH/c1-22(2)5-6-23(18(25)12-7-11(20)3-4-14(12)24(26)27)19-21-13-8-15-16(29-10-28-15)9-17(13)30-19;/h3-4,7-9H,5-6,10H2,1-2H3;1H. The highest BCUT2D eigenvalue weighted by Gasteiger charge is 2.28. The van der Waals surface area contributed by atoms with E-state index in [1.165, 1.54) is 34.4 Å². The van der Waals surface area contributed by atoms with Gasteiger partial charge in [-0.15, -0.1) is 12.4 Å². The summed E-state index contributed by atoms with van der Waals surface area (Å²) in [7, 11) is 3.75. The van der Waals surface area contributed by atoms with Crippen molar-refractivity contribution in [3.63, 3.8) is 0 Å². The number of amides is 1. The number of nitro groups is 1. The van der Waals surface area contributed by atoms with E-state index < -0.39 is 10.8 Å². The first-order valence-electron chi connectivity index (χ1n) is 8.94. The minimum Gasteiger partial charge on any atom is -0.454 e. The Kier molecular flexibility index (Phi) is 6.85. The van der Waals surface area contributed by atoms with E-state index in [2.05, 4.69) is 4.98 Å². The molecule has 0 saturated heterocycles. The van der Waals surface area contributed by atoms with Gasteiger partial charge in [-0.05, 0) is 26.2 Å². The topological polar surface area (TPSA) is 98.0 Å². The van der Waals surface area contributed by atoms with Crippen molar-refractivity contribution in [3.05, 3.63) is 51.0 Å². The fraction of sp³-hybridized carbons (Fsp3) is 0.263. The Morgan fingerprint density at radius 3 is 2.61 bits per heavy atom. The number of nitro benzene ring substituents is 1. The summed E-state index contributed by atoms with van der Waals surface area (Å²) in [4.78, 5) is 32.2. The van der Waals surface area contributed by atoms with Gasteiger partial charge in [-0.3, -0.25) is 19.8 Å². The molecule has 0 atom stereocenters. The van der Waals surface area contributed by atoms with Crippen LogP contribution in [0, 0.1) is 10.1 Å². The van der Waals surface area contributed by atoms with Crippen LogP contribution in [-0.4, -0.2) is 54.7 Å². The fourth-order valence-electron chi connectivity index (χ4n) is 2.99. The number of hydrogen-bond donors (Lipinski definition) is 0. The molecule has 164 valence electrons. The van der Waals surface area contributed by atoms with Crippen molar-refractivity contribution in [1.82, 2.24) is 9.88 Å². The molecule has 0 aliphatic carbocycles. The van der Waals surface area contributed by atoms with Gasteiger partial charge in [-0.2, -0.15) is 0 Å². The van der Waals surface area contributed by atoms with Gasteiger partial charge in [0.1, 0.15) is 5.56 Å². The summed E-state index contributed by atoms with van der Waals surface area (Å²) in [6.45, 7) is 0.992. The van der Waals surface area contributed by atoms with Crippen LogP contribution in [0.2, 0.25) is 5.02 Å². The summed E-state index contributed by atoms with van der Waals surface area (Å²) in [5.41, 5.74) is 0.267. The lowest BCUT2D eigenvalue weighted by Crippen LogP contribution is -2.37. The Labute approximate surface area is 192 Å². The average Bonchev–Trinajstić information content (AvgIpc) is 3.31. The van der Waals surface area contributed by atoms with Gasteiger partial charge in [0.15, 0.2) is 16.6 Å². The highest BCUT2D eigenvalue weighted by Crippen LogP contribution is 2.40. The first kappa shape index (κ1) is 23.0. The monoisotopic (exact) mass is 484 g/mol. The normalized spacial score (nSPS) is 12.1. The molecule has 4 rings (SSSR count). The Hall–Kier alpha value is -2.66. The number of halogens is 2. The molecule has 3 aromatic rings. The molecule has 1 aliphatic rings. The molecule has 2 heterocycles. The van der Waals surface area contributed by atoms with Crippen LogP contribution in [0.1, 0.15) is 10.4 Å². The number of likely N-dealkylation sites (N-methyl/N-ethyl adjacent to an activating group) is 1. The summed E-state index contributed by atoms with van der Waals surface area (Å²) in [5.74, 6) is 0.676. The molecule has 0 bridgehead atoms. The number of hydrogen-bond acceptors (Lipinski definition) is 8. The molecule has 0 N–H and O–H groups in total. The van der Waals surface area contributed by atoms with Gasteiger partial charge >= 0.3 is 0 Å². The molecule has 1 aliphatic heterocycles. The quantitative estimate of drug-likeness (QED) is 0.381. The van der Waals surface area contributed by atoms with Gasteiger partial charge in [0.2, 0.25) is 6.79 Å². The molecule has 1 amide bonds. The summed E-state index contributed by atoms with van der Waals surface area (Å²) in [5, 5.41) is 12.1. The van der Waals surface area contributed by atoms with Crippen LogP contribution in [0.3, 0.4) is 0 Å². The smallest absolute Gasteiger partial charge is 0.282 e. The summed E-state index contributed by atoms with van der Waals surface area (Å²) < 4.78 is 11.6. The minimum atomic E-state index is -0.592. The van der Waals surface area contributed by atoms with Crippen molar-refractivity contribution < 1.29 is 19.2 Å². The van der Waals surface area contributed by atoms with Gasteiger partial charge in [0, 0.05) is 36.3 Å². The SMILES string of the molecule is CN(C)CCN(C(=O)c1cc(Cl)ccc1[N+](=O)[O-])c1nc2cc3c(cc2s1)OCO3.Cl. The number of benzene rings is 2. The first-order chi connectivity index (χ1) is 14.3. The number of anilines is 1. The van der Waals surface area contributed by atoms with Gasteiger partial charge < -0.3 is 14.4 Å².